The zero-order valence-corrected chi connectivity index (χ0v) is 16.0. The summed E-state index contributed by atoms with van der Waals surface area (Å²) in [6.45, 7) is 2.19. The number of methoxy groups -OCH3 is 1. The second-order valence-electron chi connectivity index (χ2n) is 7.37. The number of amides is 2. The van der Waals surface area contributed by atoms with Gasteiger partial charge in [0.2, 0.25) is 11.8 Å². The van der Waals surface area contributed by atoms with Crippen LogP contribution in [-0.4, -0.2) is 32.0 Å². The van der Waals surface area contributed by atoms with Crippen LogP contribution in [0.2, 0.25) is 0 Å². The lowest BCUT2D eigenvalue weighted by Crippen LogP contribution is -2.21. The second-order valence-corrected chi connectivity index (χ2v) is 7.37. The standard InChI is InChI=1S/C22H25N3O3/c1-28-20-7-3-2-6-19(20)24-22(27)18-14-17(18)21(26)23-15-8-10-16(11-9-15)25-12-4-5-13-25/h2-3,6-11,17-18H,4-5,12-14H2,1H3,(H,23,26)(H,24,27). The number of benzene rings is 2. The molecule has 1 saturated heterocycles. The average Bonchev–Trinajstić information content (AvgIpc) is 3.35. The van der Waals surface area contributed by atoms with Gasteiger partial charge < -0.3 is 20.3 Å². The van der Waals surface area contributed by atoms with Crippen molar-refractivity contribution in [3.05, 3.63) is 48.5 Å². The predicted octanol–water partition coefficient (Wildman–Crippen LogP) is 3.51. The van der Waals surface area contributed by atoms with Crippen LogP contribution in [0, 0.1) is 11.8 Å². The van der Waals surface area contributed by atoms with Crippen LogP contribution in [0.1, 0.15) is 19.3 Å². The Morgan fingerprint density at radius 2 is 1.57 bits per heavy atom. The highest BCUT2D eigenvalue weighted by molar-refractivity contribution is 6.03. The lowest BCUT2D eigenvalue weighted by molar-refractivity contribution is -0.122. The Hall–Kier alpha value is -3.02. The van der Waals surface area contributed by atoms with Gasteiger partial charge >= 0.3 is 0 Å². The molecule has 0 bridgehead atoms. The number of nitrogens with zero attached hydrogens (tertiary/aromatic N) is 1. The summed E-state index contributed by atoms with van der Waals surface area (Å²) in [5.74, 6) is -0.222. The van der Waals surface area contributed by atoms with Crippen LogP contribution in [-0.2, 0) is 9.59 Å². The summed E-state index contributed by atoms with van der Waals surface area (Å²) >= 11 is 0. The first-order valence-electron chi connectivity index (χ1n) is 9.75. The highest BCUT2D eigenvalue weighted by Gasteiger charge is 2.48. The molecule has 1 heterocycles. The van der Waals surface area contributed by atoms with E-state index in [4.69, 9.17) is 4.74 Å². The molecule has 1 aliphatic heterocycles. The molecule has 0 spiro atoms. The quantitative estimate of drug-likeness (QED) is 0.806. The molecule has 2 aromatic carbocycles. The van der Waals surface area contributed by atoms with E-state index in [1.165, 1.54) is 18.5 Å². The summed E-state index contributed by atoms with van der Waals surface area (Å²) in [6.07, 6.45) is 3.04. The van der Waals surface area contributed by atoms with E-state index < -0.39 is 0 Å². The highest BCUT2D eigenvalue weighted by atomic mass is 16.5. The number of nitrogens with one attached hydrogen (secondary N) is 2. The third-order valence-electron chi connectivity index (χ3n) is 5.43. The smallest absolute Gasteiger partial charge is 0.228 e. The molecule has 2 amide bonds. The molecule has 1 saturated carbocycles. The maximum absolute atomic E-state index is 12.5. The van der Waals surface area contributed by atoms with Gasteiger partial charge in [-0.3, -0.25) is 9.59 Å². The summed E-state index contributed by atoms with van der Waals surface area (Å²) in [6, 6.07) is 15.2. The van der Waals surface area contributed by atoms with Crippen molar-refractivity contribution < 1.29 is 14.3 Å². The van der Waals surface area contributed by atoms with Crippen molar-refractivity contribution >= 4 is 28.9 Å². The molecule has 28 heavy (non-hydrogen) atoms. The number of hydrogen-bond donors (Lipinski definition) is 2. The highest BCUT2D eigenvalue weighted by Crippen LogP contribution is 2.41. The Morgan fingerprint density at radius 1 is 0.929 bits per heavy atom. The molecule has 2 atom stereocenters. The van der Waals surface area contributed by atoms with E-state index in [2.05, 4.69) is 15.5 Å². The monoisotopic (exact) mass is 379 g/mol. The van der Waals surface area contributed by atoms with Gasteiger partial charge in [0.15, 0.2) is 0 Å². The minimum absolute atomic E-state index is 0.103. The molecule has 0 radical (unpaired) electrons. The van der Waals surface area contributed by atoms with Crippen molar-refractivity contribution in [2.75, 3.05) is 35.7 Å². The number of para-hydroxylation sites is 2. The minimum atomic E-state index is -0.297. The number of carbonyl (C=O) groups is 2. The van der Waals surface area contributed by atoms with Crippen molar-refractivity contribution in [1.29, 1.82) is 0 Å². The van der Waals surface area contributed by atoms with Crippen LogP contribution in [0.4, 0.5) is 17.1 Å². The molecule has 6 heteroatoms. The molecular formula is C22H25N3O3. The number of hydrogen-bond acceptors (Lipinski definition) is 4. The van der Waals surface area contributed by atoms with Crippen LogP contribution >= 0.6 is 0 Å². The van der Waals surface area contributed by atoms with E-state index in [0.717, 1.165) is 18.8 Å². The van der Waals surface area contributed by atoms with Crippen molar-refractivity contribution in [2.24, 2.45) is 11.8 Å². The Kier molecular flexibility index (Phi) is 5.19. The van der Waals surface area contributed by atoms with Gasteiger partial charge in [0.25, 0.3) is 0 Å². The van der Waals surface area contributed by atoms with Crippen molar-refractivity contribution in [3.63, 3.8) is 0 Å². The summed E-state index contributed by atoms with van der Waals surface area (Å²) in [4.78, 5) is 27.3. The molecule has 2 fully saturated rings. The molecule has 6 nitrogen and oxygen atoms in total. The van der Waals surface area contributed by atoms with Gasteiger partial charge in [-0.1, -0.05) is 12.1 Å². The van der Waals surface area contributed by atoms with Gasteiger partial charge in [0.05, 0.1) is 24.6 Å². The fourth-order valence-corrected chi connectivity index (χ4v) is 3.71. The molecule has 146 valence electrons. The van der Waals surface area contributed by atoms with Gasteiger partial charge in [0.1, 0.15) is 5.75 Å². The van der Waals surface area contributed by atoms with Crippen LogP contribution in [0.3, 0.4) is 0 Å². The average molecular weight is 379 g/mol. The lowest BCUT2D eigenvalue weighted by Gasteiger charge is -2.17. The van der Waals surface area contributed by atoms with Gasteiger partial charge in [-0.05, 0) is 55.7 Å². The summed E-state index contributed by atoms with van der Waals surface area (Å²) < 4.78 is 5.25. The molecule has 2 aliphatic rings. The van der Waals surface area contributed by atoms with E-state index in [9.17, 15) is 9.59 Å². The SMILES string of the molecule is COc1ccccc1NC(=O)C1CC1C(=O)Nc1ccc(N2CCCC2)cc1. The third kappa shape index (κ3) is 3.96. The van der Waals surface area contributed by atoms with Crippen LogP contribution in [0.5, 0.6) is 5.75 Å². The predicted molar refractivity (Wildman–Crippen MR) is 110 cm³/mol. The lowest BCUT2D eigenvalue weighted by atomic mass is 10.2. The number of carbonyl (C=O) groups excluding carboxylic acids is 2. The fraction of sp³-hybridized carbons (Fsp3) is 0.364. The number of anilines is 3. The maximum atomic E-state index is 12.5. The van der Waals surface area contributed by atoms with Gasteiger partial charge in [-0.15, -0.1) is 0 Å². The molecule has 2 N–H and O–H groups in total. The fourth-order valence-electron chi connectivity index (χ4n) is 3.71. The number of rotatable bonds is 6. The van der Waals surface area contributed by atoms with Crippen molar-refractivity contribution in [2.45, 2.75) is 19.3 Å². The first kappa shape index (κ1) is 18.3. The normalized spacial score (nSPS) is 20.5. The summed E-state index contributed by atoms with van der Waals surface area (Å²) in [7, 11) is 1.56. The molecule has 2 unspecified atom stereocenters. The minimum Gasteiger partial charge on any atom is -0.495 e. The number of ether oxygens (including phenoxy) is 1. The van der Waals surface area contributed by atoms with Crippen LogP contribution in [0.15, 0.2) is 48.5 Å². The molecule has 4 rings (SSSR count). The topological polar surface area (TPSA) is 70.7 Å². The maximum Gasteiger partial charge on any atom is 0.228 e. The molecule has 2 aromatic rings. The molecular weight excluding hydrogens is 354 g/mol. The summed E-state index contributed by atoms with van der Waals surface area (Å²) in [5, 5.41) is 5.79. The Balaban J connectivity index is 1.31. The van der Waals surface area contributed by atoms with Gasteiger partial charge in [0, 0.05) is 24.5 Å². The van der Waals surface area contributed by atoms with Crippen LogP contribution < -0.4 is 20.3 Å². The van der Waals surface area contributed by atoms with E-state index >= 15 is 0 Å². The molecule has 0 aromatic heterocycles. The van der Waals surface area contributed by atoms with Gasteiger partial charge in [-0.25, -0.2) is 0 Å². The Bertz CT molecular complexity index is 860. The third-order valence-corrected chi connectivity index (χ3v) is 5.43. The second kappa shape index (κ2) is 7.92. The van der Waals surface area contributed by atoms with Crippen LogP contribution in [0.25, 0.3) is 0 Å². The van der Waals surface area contributed by atoms with Crippen molar-refractivity contribution in [1.82, 2.24) is 0 Å². The van der Waals surface area contributed by atoms with E-state index in [1.54, 1.807) is 19.2 Å². The van der Waals surface area contributed by atoms with E-state index in [0.29, 0.717) is 17.9 Å². The Labute approximate surface area is 164 Å². The first-order valence-corrected chi connectivity index (χ1v) is 9.75. The molecule has 1 aliphatic carbocycles. The van der Waals surface area contributed by atoms with Crippen molar-refractivity contribution in [3.8, 4) is 5.75 Å². The van der Waals surface area contributed by atoms with E-state index in [-0.39, 0.29) is 23.7 Å². The zero-order chi connectivity index (χ0) is 19.5. The Morgan fingerprint density at radius 3 is 2.25 bits per heavy atom. The first-order chi connectivity index (χ1) is 13.7. The van der Waals surface area contributed by atoms with Gasteiger partial charge in [-0.2, -0.15) is 0 Å². The largest absolute Gasteiger partial charge is 0.495 e. The van der Waals surface area contributed by atoms with E-state index in [1.807, 2.05) is 36.4 Å². The zero-order valence-electron chi connectivity index (χ0n) is 16.0. The summed E-state index contributed by atoms with van der Waals surface area (Å²) in [5.41, 5.74) is 2.58.